The summed E-state index contributed by atoms with van der Waals surface area (Å²) in [6, 6.07) is 3.44. The number of nitrogens with zero attached hydrogens (tertiary/aromatic N) is 2. The Labute approximate surface area is 153 Å². The van der Waals surface area contributed by atoms with Crippen LogP contribution in [0.2, 0.25) is 5.02 Å². The van der Waals surface area contributed by atoms with Crippen LogP contribution in [0.4, 0.5) is 11.6 Å². The van der Waals surface area contributed by atoms with Gasteiger partial charge >= 0.3 is 0 Å². The molecule has 0 aliphatic carbocycles. The number of anilines is 2. The van der Waals surface area contributed by atoms with E-state index in [1.54, 1.807) is 12.1 Å². The molecule has 1 aromatic carbocycles. The minimum absolute atomic E-state index is 0.311. The van der Waals surface area contributed by atoms with Gasteiger partial charge in [-0.3, -0.25) is 4.79 Å². The quantitative estimate of drug-likeness (QED) is 0.773. The van der Waals surface area contributed by atoms with Crippen molar-refractivity contribution in [3.05, 3.63) is 40.7 Å². The van der Waals surface area contributed by atoms with Crippen LogP contribution in [0.15, 0.2) is 24.5 Å². The molecule has 2 N–H and O–H groups in total. The molecule has 134 valence electrons. The number of rotatable bonds is 7. The maximum absolute atomic E-state index is 12.4. The summed E-state index contributed by atoms with van der Waals surface area (Å²) in [6.07, 6.45) is 4.02. The topological polar surface area (TPSA) is 76.1 Å². The third kappa shape index (κ3) is 5.32. The fourth-order valence-corrected chi connectivity index (χ4v) is 2.29. The molecular weight excluding hydrogens is 340 g/mol. The molecule has 25 heavy (non-hydrogen) atoms. The van der Waals surface area contributed by atoms with Crippen LogP contribution in [0, 0.1) is 12.8 Å². The number of benzene rings is 1. The Hall–Kier alpha value is -2.34. The molecule has 7 heteroatoms. The normalized spacial score (nSPS) is 10.6. The minimum Gasteiger partial charge on any atom is -0.495 e. The van der Waals surface area contributed by atoms with E-state index < -0.39 is 0 Å². The second-order valence-corrected chi connectivity index (χ2v) is 6.57. The van der Waals surface area contributed by atoms with Gasteiger partial charge < -0.3 is 15.4 Å². The number of methoxy groups -OCH3 is 1. The first-order valence-corrected chi connectivity index (χ1v) is 8.50. The molecular formula is C18H23ClN4O2. The number of amides is 1. The molecule has 0 fully saturated rings. The number of hydrogen-bond donors (Lipinski definition) is 2. The second kappa shape index (κ2) is 8.67. The maximum atomic E-state index is 12.4. The number of aromatic nitrogens is 2. The highest BCUT2D eigenvalue weighted by atomic mass is 35.5. The van der Waals surface area contributed by atoms with E-state index in [4.69, 9.17) is 16.3 Å². The van der Waals surface area contributed by atoms with Crippen LogP contribution in [0.3, 0.4) is 0 Å². The Morgan fingerprint density at radius 3 is 2.56 bits per heavy atom. The lowest BCUT2D eigenvalue weighted by atomic mass is 10.1. The molecule has 2 aromatic rings. The van der Waals surface area contributed by atoms with Gasteiger partial charge in [-0.1, -0.05) is 25.4 Å². The Bertz CT molecular complexity index is 733. The standard InChI is InChI=1S/C18H23ClN4O2/c1-11(2)5-6-20-18-21-9-13(10-22-18)17(24)23-15-7-12(3)14(19)8-16(15)25-4/h7-11H,5-6H2,1-4H3,(H,23,24)(H,20,21,22). The summed E-state index contributed by atoms with van der Waals surface area (Å²) in [5.74, 6) is 1.30. The van der Waals surface area contributed by atoms with E-state index in [-0.39, 0.29) is 5.91 Å². The Balaban J connectivity index is 2.05. The molecule has 0 spiro atoms. The number of ether oxygens (including phenoxy) is 1. The molecule has 0 aliphatic heterocycles. The molecule has 6 nitrogen and oxygen atoms in total. The number of carbonyl (C=O) groups excluding carboxylic acids is 1. The molecule has 1 heterocycles. The first kappa shape index (κ1) is 19.0. The van der Waals surface area contributed by atoms with Gasteiger partial charge in [-0.2, -0.15) is 0 Å². The molecule has 0 unspecified atom stereocenters. The van der Waals surface area contributed by atoms with Gasteiger partial charge in [-0.05, 0) is 30.9 Å². The van der Waals surface area contributed by atoms with Gasteiger partial charge in [0.25, 0.3) is 5.91 Å². The van der Waals surface area contributed by atoms with Crippen molar-refractivity contribution < 1.29 is 9.53 Å². The summed E-state index contributed by atoms with van der Waals surface area (Å²) in [7, 11) is 1.53. The van der Waals surface area contributed by atoms with E-state index in [1.807, 2.05) is 6.92 Å². The van der Waals surface area contributed by atoms with Crippen molar-refractivity contribution in [3.8, 4) is 5.75 Å². The van der Waals surface area contributed by atoms with Crippen LogP contribution < -0.4 is 15.4 Å². The number of hydrogen-bond acceptors (Lipinski definition) is 5. The fourth-order valence-electron chi connectivity index (χ4n) is 2.13. The predicted molar refractivity (Wildman–Crippen MR) is 101 cm³/mol. The van der Waals surface area contributed by atoms with Gasteiger partial charge in [0.1, 0.15) is 5.75 Å². The summed E-state index contributed by atoms with van der Waals surface area (Å²) in [6.45, 7) is 6.97. The summed E-state index contributed by atoms with van der Waals surface area (Å²) < 4.78 is 5.26. The van der Waals surface area contributed by atoms with Crippen molar-refractivity contribution in [2.75, 3.05) is 24.3 Å². The zero-order valence-corrected chi connectivity index (χ0v) is 15.6. The fraction of sp³-hybridized carbons (Fsp3) is 0.389. The van der Waals surface area contributed by atoms with Crippen molar-refractivity contribution in [3.63, 3.8) is 0 Å². The average Bonchev–Trinajstić information content (AvgIpc) is 2.58. The SMILES string of the molecule is COc1cc(Cl)c(C)cc1NC(=O)c1cnc(NCCC(C)C)nc1. The largest absolute Gasteiger partial charge is 0.495 e. The smallest absolute Gasteiger partial charge is 0.258 e. The van der Waals surface area contributed by atoms with Gasteiger partial charge in [-0.25, -0.2) is 9.97 Å². The molecule has 2 rings (SSSR count). The van der Waals surface area contributed by atoms with E-state index in [9.17, 15) is 4.79 Å². The van der Waals surface area contributed by atoms with E-state index in [0.29, 0.717) is 33.9 Å². The highest BCUT2D eigenvalue weighted by molar-refractivity contribution is 6.31. The third-order valence-electron chi connectivity index (χ3n) is 3.65. The van der Waals surface area contributed by atoms with E-state index in [0.717, 1.165) is 18.5 Å². The second-order valence-electron chi connectivity index (χ2n) is 6.16. The Kier molecular flexibility index (Phi) is 6.58. The van der Waals surface area contributed by atoms with Crippen molar-refractivity contribution in [2.24, 2.45) is 5.92 Å². The highest BCUT2D eigenvalue weighted by Gasteiger charge is 2.13. The van der Waals surface area contributed by atoms with Crippen LogP contribution >= 0.6 is 11.6 Å². The lowest BCUT2D eigenvalue weighted by molar-refractivity contribution is 0.102. The zero-order valence-electron chi connectivity index (χ0n) is 14.9. The molecule has 0 bridgehead atoms. The van der Waals surface area contributed by atoms with Crippen LogP contribution in [0.1, 0.15) is 36.2 Å². The van der Waals surface area contributed by atoms with Gasteiger partial charge in [0.2, 0.25) is 5.95 Å². The van der Waals surface area contributed by atoms with E-state index >= 15 is 0 Å². The van der Waals surface area contributed by atoms with Crippen molar-refractivity contribution in [1.29, 1.82) is 0 Å². The van der Waals surface area contributed by atoms with Gasteiger partial charge in [0, 0.05) is 30.0 Å². The zero-order chi connectivity index (χ0) is 18.4. The lowest BCUT2D eigenvalue weighted by Gasteiger charge is -2.12. The molecule has 0 radical (unpaired) electrons. The van der Waals surface area contributed by atoms with Gasteiger partial charge in [-0.15, -0.1) is 0 Å². The van der Waals surface area contributed by atoms with Crippen molar-refractivity contribution >= 4 is 29.1 Å². The summed E-state index contributed by atoms with van der Waals surface area (Å²) in [4.78, 5) is 20.7. The summed E-state index contributed by atoms with van der Waals surface area (Å²) >= 11 is 6.08. The van der Waals surface area contributed by atoms with Gasteiger partial charge in [0.15, 0.2) is 0 Å². The van der Waals surface area contributed by atoms with Gasteiger partial charge in [0.05, 0.1) is 18.4 Å². The Morgan fingerprint density at radius 1 is 1.28 bits per heavy atom. The van der Waals surface area contributed by atoms with Crippen molar-refractivity contribution in [2.45, 2.75) is 27.2 Å². The number of halogens is 1. The number of nitrogens with one attached hydrogen (secondary N) is 2. The number of carbonyl (C=O) groups is 1. The molecule has 0 atom stereocenters. The monoisotopic (exact) mass is 362 g/mol. The molecule has 1 aromatic heterocycles. The van der Waals surface area contributed by atoms with Crippen LogP contribution in [-0.2, 0) is 0 Å². The molecule has 0 aliphatic rings. The maximum Gasteiger partial charge on any atom is 0.258 e. The molecule has 1 amide bonds. The predicted octanol–water partition coefficient (Wildman–Crippen LogP) is 4.16. The van der Waals surface area contributed by atoms with E-state index in [1.165, 1.54) is 19.5 Å². The first-order chi connectivity index (χ1) is 11.9. The van der Waals surface area contributed by atoms with Crippen LogP contribution in [0.5, 0.6) is 5.75 Å². The average molecular weight is 363 g/mol. The highest BCUT2D eigenvalue weighted by Crippen LogP contribution is 2.31. The summed E-state index contributed by atoms with van der Waals surface area (Å²) in [5.41, 5.74) is 1.76. The lowest BCUT2D eigenvalue weighted by Crippen LogP contribution is -2.14. The molecule has 0 saturated carbocycles. The Morgan fingerprint density at radius 2 is 1.96 bits per heavy atom. The van der Waals surface area contributed by atoms with Crippen LogP contribution in [0.25, 0.3) is 0 Å². The number of aryl methyl sites for hydroxylation is 1. The summed E-state index contributed by atoms with van der Waals surface area (Å²) in [5, 5.41) is 6.51. The van der Waals surface area contributed by atoms with Crippen molar-refractivity contribution in [1.82, 2.24) is 9.97 Å². The minimum atomic E-state index is -0.311. The third-order valence-corrected chi connectivity index (χ3v) is 4.05. The van der Waals surface area contributed by atoms with E-state index in [2.05, 4.69) is 34.4 Å². The van der Waals surface area contributed by atoms with Crippen LogP contribution in [-0.4, -0.2) is 29.5 Å². The first-order valence-electron chi connectivity index (χ1n) is 8.12. The molecule has 0 saturated heterocycles.